The molecule has 1 fully saturated rings. The molecular formula is C28H32O10. The van der Waals surface area contributed by atoms with Crippen LogP contribution in [0, 0.1) is 6.92 Å². The first-order valence-corrected chi connectivity index (χ1v) is 12.1. The lowest BCUT2D eigenvalue weighted by Crippen LogP contribution is -2.63. The number of esters is 4. The van der Waals surface area contributed by atoms with Crippen molar-refractivity contribution < 1.29 is 47.6 Å². The first-order valence-electron chi connectivity index (χ1n) is 12.1. The Labute approximate surface area is 221 Å². The monoisotopic (exact) mass is 528 g/mol. The van der Waals surface area contributed by atoms with Gasteiger partial charge >= 0.3 is 23.9 Å². The molecule has 0 aliphatic carbocycles. The predicted octanol–water partition coefficient (Wildman–Crippen LogP) is 3.05. The van der Waals surface area contributed by atoms with Gasteiger partial charge < -0.3 is 28.4 Å². The summed E-state index contributed by atoms with van der Waals surface area (Å²) in [5, 5.41) is 0. The van der Waals surface area contributed by atoms with Gasteiger partial charge in [0, 0.05) is 34.1 Å². The van der Waals surface area contributed by atoms with E-state index in [4.69, 9.17) is 28.4 Å². The standard InChI is InChI=1S/C28H32O10/c1-16-10-12-21(13-11-16)14-22-8-6-7-9-23(22)37-28-27(36-20(5)32)26(35-19(4)31)25(34-18(3)30)24(38-28)15-33-17(2)29/h6-13,24-28H,14-15H2,1-5H3/t24-,25-,26+,27-,28+/m1/s1. The normalized spacial score (nSPS) is 22.6. The van der Waals surface area contributed by atoms with Gasteiger partial charge in [-0.05, 0) is 24.1 Å². The molecule has 204 valence electrons. The Bertz CT molecular complexity index is 1140. The number of rotatable bonds is 9. The number of hydrogen-bond acceptors (Lipinski definition) is 10. The zero-order valence-corrected chi connectivity index (χ0v) is 22.0. The minimum absolute atomic E-state index is 0.331. The summed E-state index contributed by atoms with van der Waals surface area (Å²) >= 11 is 0. The van der Waals surface area contributed by atoms with Crippen molar-refractivity contribution in [2.24, 2.45) is 0 Å². The van der Waals surface area contributed by atoms with Crippen molar-refractivity contribution in [3.63, 3.8) is 0 Å². The molecule has 1 heterocycles. The number of ether oxygens (including phenoxy) is 6. The van der Waals surface area contributed by atoms with Crippen molar-refractivity contribution in [3.8, 4) is 5.75 Å². The minimum Gasteiger partial charge on any atom is -0.463 e. The van der Waals surface area contributed by atoms with Crippen molar-refractivity contribution in [2.75, 3.05) is 6.61 Å². The topological polar surface area (TPSA) is 124 Å². The molecule has 0 saturated carbocycles. The van der Waals surface area contributed by atoms with Crippen LogP contribution < -0.4 is 4.74 Å². The van der Waals surface area contributed by atoms with Gasteiger partial charge in [-0.1, -0.05) is 48.0 Å². The molecule has 2 aromatic carbocycles. The zero-order chi connectivity index (χ0) is 27.8. The largest absolute Gasteiger partial charge is 0.463 e. The second kappa shape index (κ2) is 13.0. The van der Waals surface area contributed by atoms with Gasteiger partial charge in [-0.25, -0.2) is 0 Å². The molecular weight excluding hydrogens is 496 g/mol. The summed E-state index contributed by atoms with van der Waals surface area (Å²) in [5.74, 6) is -2.27. The van der Waals surface area contributed by atoms with Gasteiger partial charge in [0.1, 0.15) is 18.5 Å². The van der Waals surface area contributed by atoms with E-state index in [1.54, 1.807) is 12.1 Å². The molecule has 1 saturated heterocycles. The summed E-state index contributed by atoms with van der Waals surface area (Å²) in [7, 11) is 0. The molecule has 5 atom stereocenters. The van der Waals surface area contributed by atoms with Crippen LogP contribution in [-0.4, -0.2) is 61.2 Å². The highest BCUT2D eigenvalue weighted by molar-refractivity contribution is 5.68. The molecule has 38 heavy (non-hydrogen) atoms. The average molecular weight is 529 g/mol. The molecule has 0 spiro atoms. The van der Waals surface area contributed by atoms with E-state index in [1.165, 1.54) is 27.7 Å². The highest BCUT2D eigenvalue weighted by atomic mass is 16.7. The van der Waals surface area contributed by atoms with Crippen LogP contribution >= 0.6 is 0 Å². The summed E-state index contributed by atoms with van der Waals surface area (Å²) in [6.07, 6.45) is -5.70. The van der Waals surface area contributed by atoms with E-state index in [1.807, 2.05) is 43.3 Å². The molecule has 3 rings (SSSR count). The van der Waals surface area contributed by atoms with E-state index < -0.39 is 54.6 Å². The maximum Gasteiger partial charge on any atom is 0.303 e. The summed E-state index contributed by atoms with van der Waals surface area (Å²) in [6.45, 7) is 6.40. The summed E-state index contributed by atoms with van der Waals surface area (Å²) < 4.78 is 33.7. The first-order chi connectivity index (χ1) is 18.0. The SMILES string of the molecule is CC(=O)OC[C@H]1O[C@H](Oc2ccccc2Cc2ccc(C)cc2)[C@H](OC(C)=O)[C@@H](OC(C)=O)[C@@H]1OC(C)=O. The van der Waals surface area contributed by atoms with Gasteiger partial charge in [0.25, 0.3) is 0 Å². The molecule has 1 aliphatic rings. The Morgan fingerprint density at radius 1 is 0.737 bits per heavy atom. The van der Waals surface area contributed by atoms with Crippen LogP contribution in [0.25, 0.3) is 0 Å². The molecule has 0 N–H and O–H groups in total. The Hall–Kier alpha value is -3.92. The summed E-state index contributed by atoms with van der Waals surface area (Å²) in [4.78, 5) is 47.5. The molecule has 0 amide bonds. The van der Waals surface area contributed by atoms with Crippen LogP contribution in [0.1, 0.15) is 44.4 Å². The van der Waals surface area contributed by atoms with E-state index >= 15 is 0 Å². The molecule has 2 aromatic rings. The molecule has 10 heteroatoms. The van der Waals surface area contributed by atoms with Crippen LogP contribution in [-0.2, 0) is 49.3 Å². The molecule has 0 unspecified atom stereocenters. The lowest BCUT2D eigenvalue weighted by molar-refractivity contribution is -0.288. The first kappa shape index (κ1) is 28.6. The third-order valence-electron chi connectivity index (χ3n) is 5.68. The zero-order valence-electron chi connectivity index (χ0n) is 22.0. The van der Waals surface area contributed by atoms with Crippen LogP contribution in [0.3, 0.4) is 0 Å². The lowest BCUT2D eigenvalue weighted by atomic mass is 9.98. The van der Waals surface area contributed by atoms with Gasteiger partial charge in [-0.2, -0.15) is 0 Å². The van der Waals surface area contributed by atoms with Gasteiger partial charge in [0.05, 0.1) is 0 Å². The van der Waals surface area contributed by atoms with Crippen LogP contribution in [0.2, 0.25) is 0 Å². The number of para-hydroxylation sites is 1. The van der Waals surface area contributed by atoms with E-state index in [0.29, 0.717) is 12.2 Å². The Morgan fingerprint density at radius 2 is 1.32 bits per heavy atom. The van der Waals surface area contributed by atoms with Crippen LogP contribution in [0.4, 0.5) is 0 Å². The van der Waals surface area contributed by atoms with Gasteiger partial charge in [-0.3, -0.25) is 19.2 Å². The fraction of sp³-hybridized carbons (Fsp3) is 0.429. The van der Waals surface area contributed by atoms with Crippen molar-refractivity contribution in [2.45, 2.75) is 71.7 Å². The maximum atomic E-state index is 12.1. The van der Waals surface area contributed by atoms with Gasteiger partial charge in [0.2, 0.25) is 12.4 Å². The third kappa shape index (κ3) is 8.04. The number of aryl methyl sites for hydroxylation is 1. The highest BCUT2D eigenvalue weighted by Gasteiger charge is 2.53. The molecule has 0 bridgehead atoms. The molecule has 1 aliphatic heterocycles. The van der Waals surface area contributed by atoms with Crippen LogP contribution in [0.15, 0.2) is 48.5 Å². The average Bonchev–Trinajstić information content (AvgIpc) is 2.83. The molecule has 0 radical (unpaired) electrons. The van der Waals surface area contributed by atoms with E-state index in [9.17, 15) is 19.2 Å². The predicted molar refractivity (Wildman–Crippen MR) is 133 cm³/mol. The van der Waals surface area contributed by atoms with Gasteiger partial charge in [0.15, 0.2) is 12.2 Å². The van der Waals surface area contributed by atoms with E-state index in [-0.39, 0.29) is 6.61 Å². The number of benzene rings is 2. The van der Waals surface area contributed by atoms with Crippen molar-refractivity contribution in [3.05, 3.63) is 65.2 Å². The molecule has 10 nitrogen and oxygen atoms in total. The van der Waals surface area contributed by atoms with Crippen molar-refractivity contribution in [1.29, 1.82) is 0 Å². The quantitative estimate of drug-likeness (QED) is 0.354. The number of carbonyl (C=O) groups is 4. The Balaban J connectivity index is 1.98. The lowest BCUT2D eigenvalue weighted by Gasteiger charge is -2.44. The van der Waals surface area contributed by atoms with E-state index in [0.717, 1.165) is 16.7 Å². The second-order valence-corrected chi connectivity index (χ2v) is 8.96. The smallest absolute Gasteiger partial charge is 0.303 e. The fourth-order valence-electron chi connectivity index (χ4n) is 4.10. The summed E-state index contributed by atoms with van der Waals surface area (Å²) in [5.41, 5.74) is 3.01. The Morgan fingerprint density at radius 3 is 1.92 bits per heavy atom. The maximum absolute atomic E-state index is 12.1. The highest BCUT2D eigenvalue weighted by Crippen LogP contribution is 2.32. The van der Waals surface area contributed by atoms with E-state index in [2.05, 4.69) is 0 Å². The van der Waals surface area contributed by atoms with Crippen molar-refractivity contribution in [1.82, 2.24) is 0 Å². The fourth-order valence-corrected chi connectivity index (χ4v) is 4.10. The Kier molecular flexibility index (Phi) is 9.84. The second-order valence-electron chi connectivity index (χ2n) is 8.96. The van der Waals surface area contributed by atoms with Gasteiger partial charge in [-0.15, -0.1) is 0 Å². The van der Waals surface area contributed by atoms with Crippen LogP contribution in [0.5, 0.6) is 5.75 Å². The minimum atomic E-state index is -1.30. The third-order valence-corrected chi connectivity index (χ3v) is 5.68. The van der Waals surface area contributed by atoms with Crippen molar-refractivity contribution >= 4 is 23.9 Å². The summed E-state index contributed by atoms with van der Waals surface area (Å²) in [6, 6.07) is 15.3. The number of hydrogen-bond donors (Lipinski definition) is 0. The number of carbonyl (C=O) groups excluding carboxylic acids is 4. The molecule has 0 aromatic heterocycles.